The Labute approximate surface area is 310 Å². The number of aliphatic hydroxyl groups is 8. The third-order valence-electron chi connectivity index (χ3n) is 9.53. The van der Waals surface area contributed by atoms with E-state index in [-0.39, 0.29) is 28.4 Å². The summed E-state index contributed by atoms with van der Waals surface area (Å²) in [6.07, 6.45) is -24.4. The van der Waals surface area contributed by atoms with Crippen LogP contribution in [0.1, 0.15) is 20.8 Å². The van der Waals surface area contributed by atoms with E-state index in [9.17, 15) is 60.7 Å². The molecule has 0 radical (unpaired) electrons. The Hall–Kier alpha value is -4.16. The molecule has 1 aromatic heterocycles. The molecule has 0 amide bonds. The highest BCUT2D eigenvalue weighted by molar-refractivity contribution is 5.88. The van der Waals surface area contributed by atoms with Gasteiger partial charge in [-0.3, -0.25) is 9.59 Å². The van der Waals surface area contributed by atoms with Crippen LogP contribution < -0.4 is 14.9 Å². The van der Waals surface area contributed by atoms with Crippen LogP contribution in [0, 0.1) is 0 Å². The largest absolute Gasteiger partial charge is 0.508 e. The summed E-state index contributed by atoms with van der Waals surface area (Å²) in [7, 11) is 0. The third-order valence-corrected chi connectivity index (χ3v) is 9.53. The first-order valence-corrected chi connectivity index (χ1v) is 17.1. The number of benzene rings is 2. The molecule has 6 rings (SSSR count). The fourth-order valence-corrected chi connectivity index (χ4v) is 6.36. The van der Waals surface area contributed by atoms with Crippen molar-refractivity contribution in [3.63, 3.8) is 0 Å². The molecule has 3 aliphatic rings. The zero-order chi connectivity index (χ0) is 40.0. The van der Waals surface area contributed by atoms with Crippen molar-refractivity contribution in [3.05, 3.63) is 46.6 Å². The minimum absolute atomic E-state index is 0.108. The molecule has 3 aromatic rings. The van der Waals surface area contributed by atoms with E-state index < -0.39 is 127 Å². The molecular weight excluding hydrogens is 740 g/mol. The van der Waals surface area contributed by atoms with Crippen LogP contribution in [0.5, 0.6) is 23.0 Å². The molecule has 0 aliphatic carbocycles. The first-order chi connectivity index (χ1) is 26.0. The van der Waals surface area contributed by atoms with Gasteiger partial charge in [-0.15, -0.1) is 0 Å². The van der Waals surface area contributed by atoms with Crippen LogP contribution >= 0.6 is 0 Å². The van der Waals surface area contributed by atoms with E-state index >= 15 is 0 Å². The average molecular weight is 783 g/mol. The summed E-state index contributed by atoms with van der Waals surface area (Å²) in [5.41, 5.74) is -1.25. The second-order valence-electron chi connectivity index (χ2n) is 13.5. The molecular formula is C35H42O20. The third kappa shape index (κ3) is 8.08. The Bertz CT molecular complexity index is 1880. The molecule has 55 heavy (non-hydrogen) atoms. The van der Waals surface area contributed by atoms with E-state index in [1.54, 1.807) is 0 Å². The van der Waals surface area contributed by atoms with Crippen molar-refractivity contribution in [3.8, 4) is 34.3 Å². The van der Waals surface area contributed by atoms with Crippen LogP contribution in [-0.2, 0) is 28.5 Å². The lowest BCUT2D eigenvalue weighted by Gasteiger charge is -2.45. The summed E-state index contributed by atoms with van der Waals surface area (Å²) >= 11 is 0. The van der Waals surface area contributed by atoms with Gasteiger partial charge >= 0.3 is 5.97 Å². The van der Waals surface area contributed by atoms with Gasteiger partial charge in [-0.05, 0) is 38.1 Å². The quantitative estimate of drug-likeness (QED) is 0.102. The molecule has 3 saturated heterocycles. The van der Waals surface area contributed by atoms with Crippen molar-refractivity contribution >= 4 is 16.9 Å². The van der Waals surface area contributed by atoms with Crippen molar-refractivity contribution in [1.82, 2.24) is 0 Å². The number of carbonyl (C=O) groups excluding carboxylic acids is 1. The number of aromatic hydroxyl groups is 2. The number of hydrogen-bond acceptors (Lipinski definition) is 20. The van der Waals surface area contributed by atoms with Crippen LogP contribution in [0.25, 0.3) is 22.3 Å². The summed E-state index contributed by atoms with van der Waals surface area (Å²) < 4.78 is 45.4. The van der Waals surface area contributed by atoms with Crippen LogP contribution in [0.4, 0.5) is 0 Å². The van der Waals surface area contributed by atoms with Gasteiger partial charge in [0.15, 0.2) is 18.2 Å². The van der Waals surface area contributed by atoms with Crippen molar-refractivity contribution in [2.75, 3.05) is 6.61 Å². The highest BCUT2D eigenvalue weighted by Crippen LogP contribution is 2.39. The van der Waals surface area contributed by atoms with Gasteiger partial charge in [0, 0.05) is 24.6 Å². The van der Waals surface area contributed by atoms with Crippen molar-refractivity contribution < 1.29 is 93.4 Å². The SMILES string of the molecule is CC(=O)OCC1O[C@@H](Oc2c(-c3ccc(O)cc3)oc3cc(O[C@@H]4OC(C)[C@H](O)[C@H](O)C4O)cc(O)c3c2=O)C(O[C@@H]2OC(C)[C@H](O)C(O)[C@@H]2O)C(O)[C@H]1O. The number of carbonyl (C=O) groups is 1. The Morgan fingerprint density at radius 3 is 1.93 bits per heavy atom. The highest BCUT2D eigenvalue weighted by atomic mass is 16.8. The van der Waals surface area contributed by atoms with E-state index in [2.05, 4.69) is 0 Å². The lowest BCUT2D eigenvalue weighted by atomic mass is 9.97. The first kappa shape index (κ1) is 40.5. The molecule has 2 aromatic carbocycles. The summed E-state index contributed by atoms with van der Waals surface area (Å²) in [5, 5.41) is 105. The number of phenolic OH excluding ortho intramolecular Hbond substituents is 2. The molecule has 3 fully saturated rings. The van der Waals surface area contributed by atoms with E-state index in [0.29, 0.717) is 0 Å². The maximum absolute atomic E-state index is 14.3. The normalized spacial score (nSPS) is 36.7. The number of phenols is 2. The summed E-state index contributed by atoms with van der Waals surface area (Å²) in [5.74, 6) is -2.91. The molecule has 0 spiro atoms. The summed E-state index contributed by atoms with van der Waals surface area (Å²) in [4.78, 5) is 25.9. The topological polar surface area (TPSA) is 314 Å². The number of aliphatic hydroxyl groups excluding tert-OH is 8. The minimum atomic E-state index is -1.97. The van der Waals surface area contributed by atoms with Gasteiger partial charge in [0.25, 0.3) is 0 Å². The fraction of sp³-hybridized carbons (Fsp3) is 0.543. The molecule has 10 N–H and O–H groups in total. The predicted molar refractivity (Wildman–Crippen MR) is 179 cm³/mol. The van der Waals surface area contributed by atoms with Crippen molar-refractivity contribution in [1.29, 1.82) is 0 Å². The Kier molecular flexibility index (Phi) is 11.9. The molecule has 3 aliphatic heterocycles. The second kappa shape index (κ2) is 16.1. The number of fused-ring (bicyclic) bond motifs is 1. The van der Waals surface area contributed by atoms with E-state index in [0.717, 1.165) is 19.1 Å². The van der Waals surface area contributed by atoms with Gasteiger partial charge in [-0.1, -0.05) is 0 Å². The Balaban J connectivity index is 1.42. The molecule has 4 heterocycles. The summed E-state index contributed by atoms with van der Waals surface area (Å²) in [6.45, 7) is 3.27. The molecule has 0 saturated carbocycles. The van der Waals surface area contributed by atoms with Gasteiger partial charge in [-0.2, -0.15) is 0 Å². The fourth-order valence-electron chi connectivity index (χ4n) is 6.36. The van der Waals surface area contributed by atoms with Gasteiger partial charge in [0.2, 0.25) is 23.8 Å². The molecule has 20 nitrogen and oxygen atoms in total. The second-order valence-corrected chi connectivity index (χ2v) is 13.5. The average Bonchev–Trinajstić information content (AvgIpc) is 3.14. The van der Waals surface area contributed by atoms with Crippen LogP contribution in [0.3, 0.4) is 0 Å². The first-order valence-electron chi connectivity index (χ1n) is 17.1. The lowest BCUT2D eigenvalue weighted by Crippen LogP contribution is -2.64. The number of ether oxygens (including phenoxy) is 7. The number of esters is 1. The van der Waals surface area contributed by atoms with Crippen LogP contribution in [0.15, 0.2) is 45.6 Å². The monoisotopic (exact) mass is 782 g/mol. The van der Waals surface area contributed by atoms with E-state index in [1.165, 1.54) is 38.1 Å². The van der Waals surface area contributed by atoms with Crippen molar-refractivity contribution in [2.24, 2.45) is 0 Å². The molecule has 15 atom stereocenters. The zero-order valence-corrected chi connectivity index (χ0v) is 29.4. The van der Waals surface area contributed by atoms with E-state index in [4.69, 9.17) is 37.6 Å². The van der Waals surface area contributed by atoms with Gasteiger partial charge < -0.3 is 88.6 Å². The van der Waals surface area contributed by atoms with E-state index in [1.807, 2.05) is 0 Å². The number of hydrogen-bond donors (Lipinski definition) is 10. The molecule has 302 valence electrons. The summed E-state index contributed by atoms with van der Waals surface area (Å²) in [6, 6.07) is 7.31. The Morgan fingerprint density at radius 2 is 1.31 bits per heavy atom. The Morgan fingerprint density at radius 1 is 0.709 bits per heavy atom. The standard InChI is InChI=1S/C35H42O20/c1-11-21(39)25(43)28(46)33(49-11)51-16-8-17(38)20-18(9-16)52-30(14-4-6-15(37)7-5-14)31(24(20)42)54-35-32(27(45)23(41)19(53-35)10-48-13(3)36)55-34-29(47)26(44)22(40)12(2)50-34/h4-9,11-12,19,21-23,25-29,32-35,37-41,43-47H,10H2,1-3H3/t11?,12?,19?,21-,22-,23-,25-,26?,27?,28?,29-,32?,33-,34-,35-/m0/s1. The lowest BCUT2D eigenvalue weighted by molar-refractivity contribution is -0.354. The van der Waals surface area contributed by atoms with Crippen LogP contribution in [0.2, 0.25) is 0 Å². The smallest absolute Gasteiger partial charge is 0.302 e. The molecule has 7 unspecified atom stereocenters. The zero-order valence-electron chi connectivity index (χ0n) is 29.4. The van der Waals surface area contributed by atoms with Gasteiger partial charge in [0.05, 0.1) is 12.2 Å². The maximum Gasteiger partial charge on any atom is 0.302 e. The van der Waals surface area contributed by atoms with Crippen LogP contribution in [-0.4, -0.2) is 156 Å². The van der Waals surface area contributed by atoms with Crippen molar-refractivity contribution in [2.45, 2.75) is 113 Å². The maximum atomic E-state index is 14.3. The minimum Gasteiger partial charge on any atom is -0.508 e. The predicted octanol–water partition coefficient (Wildman–Crippen LogP) is -2.32. The highest BCUT2D eigenvalue weighted by Gasteiger charge is 2.52. The number of rotatable bonds is 9. The molecule has 0 bridgehead atoms. The van der Waals surface area contributed by atoms with Gasteiger partial charge in [0.1, 0.15) is 89.8 Å². The van der Waals surface area contributed by atoms with Gasteiger partial charge in [-0.25, -0.2) is 0 Å². The molecule has 20 heteroatoms.